The van der Waals surface area contributed by atoms with Crippen LogP contribution in [0.15, 0.2) is 4.79 Å². The zero-order chi connectivity index (χ0) is 14.9. The number of hydrogen-bond donors (Lipinski definition) is 0. The van der Waals surface area contributed by atoms with Crippen LogP contribution in [0.5, 0.6) is 0 Å². The van der Waals surface area contributed by atoms with Crippen molar-refractivity contribution in [3.63, 3.8) is 0 Å². The lowest BCUT2D eigenvalue weighted by molar-refractivity contribution is -0.0386. The fourth-order valence-electron chi connectivity index (χ4n) is 2.98. The molecule has 0 atom stereocenters. The minimum absolute atomic E-state index is 0.0996. The molecule has 4 rings (SSSR count). The van der Waals surface area contributed by atoms with Crippen molar-refractivity contribution in [2.75, 3.05) is 0 Å². The molecule has 0 bridgehead atoms. The number of imidazole rings is 1. The highest BCUT2D eigenvalue weighted by molar-refractivity contribution is 7.18. The Morgan fingerprint density at radius 2 is 2.10 bits per heavy atom. The number of aromatic nitrogens is 4. The Hall–Kier alpha value is -1.73. The summed E-state index contributed by atoms with van der Waals surface area (Å²) in [5, 5.41) is 8.26. The topological polar surface area (TPSA) is 61.4 Å². The number of hydrogen-bond acceptors (Lipinski definition) is 5. The minimum Gasteiger partial charge on any atom is -0.370 e. The van der Waals surface area contributed by atoms with Gasteiger partial charge in [-0.2, -0.15) is 0 Å². The van der Waals surface area contributed by atoms with Crippen molar-refractivity contribution in [1.29, 1.82) is 0 Å². The van der Waals surface area contributed by atoms with E-state index >= 15 is 0 Å². The van der Waals surface area contributed by atoms with Crippen molar-refractivity contribution < 1.29 is 4.74 Å². The van der Waals surface area contributed by atoms with Gasteiger partial charge in [0.25, 0.3) is 0 Å². The maximum Gasteiger partial charge on any atom is 0.237 e. The van der Waals surface area contributed by atoms with Gasteiger partial charge in [-0.05, 0) is 20.8 Å². The van der Waals surface area contributed by atoms with E-state index in [-0.39, 0.29) is 11.0 Å². The molecule has 0 unspecified atom stereocenters. The molecule has 0 aliphatic carbocycles. The van der Waals surface area contributed by atoms with Gasteiger partial charge in [-0.1, -0.05) is 0 Å². The van der Waals surface area contributed by atoms with Crippen LogP contribution in [0.2, 0.25) is 0 Å². The van der Waals surface area contributed by atoms with Crippen molar-refractivity contribution >= 4 is 27.5 Å². The molecule has 110 valence electrons. The molecule has 3 aromatic rings. The first-order valence-electron chi connectivity index (χ1n) is 6.88. The van der Waals surface area contributed by atoms with E-state index in [1.165, 1.54) is 0 Å². The van der Waals surface area contributed by atoms with Crippen molar-refractivity contribution in [2.24, 2.45) is 7.05 Å². The second-order valence-electron chi connectivity index (χ2n) is 6.15. The Labute approximate surface area is 125 Å². The van der Waals surface area contributed by atoms with Crippen LogP contribution in [-0.4, -0.2) is 24.8 Å². The van der Waals surface area contributed by atoms with E-state index in [1.807, 2.05) is 36.8 Å². The van der Waals surface area contributed by atoms with Crippen LogP contribution in [-0.2, 0) is 24.8 Å². The summed E-state index contributed by atoms with van der Waals surface area (Å²) < 4.78 is 9.64. The van der Waals surface area contributed by atoms with Crippen LogP contribution in [0.25, 0.3) is 16.1 Å². The molecule has 0 radical (unpaired) electrons. The van der Waals surface area contributed by atoms with Crippen molar-refractivity contribution in [1.82, 2.24) is 19.2 Å². The number of aryl methyl sites for hydroxylation is 2. The molecule has 6 nitrogen and oxygen atoms in total. The largest absolute Gasteiger partial charge is 0.370 e. The second kappa shape index (κ2) is 3.92. The van der Waals surface area contributed by atoms with Crippen LogP contribution < -0.4 is 5.43 Å². The Morgan fingerprint density at radius 3 is 2.86 bits per heavy atom. The molecule has 0 spiro atoms. The molecule has 21 heavy (non-hydrogen) atoms. The van der Waals surface area contributed by atoms with E-state index in [9.17, 15) is 4.79 Å². The van der Waals surface area contributed by atoms with Gasteiger partial charge in [-0.3, -0.25) is 9.20 Å². The highest BCUT2D eigenvalue weighted by Gasteiger charge is 2.30. The smallest absolute Gasteiger partial charge is 0.237 e. The summed E-state index contributed by atoms with van der Waals surface area (Å²) in [6.07, 6.45) is 0.651. The van der Waals surface area contributed by atoms with E-state index in [0.717, 1.165) is 21.1 Å². The van der Waals surface area contributed by atoms with E-state index in [4.69, 9.17) is 4.74 Å². The van der Waals surface area contributed by atoms with Gasteiger partial charge in [0.2, 0.25) is 11.2 Å². The van der Waals surface area contributed by atoms with Crippen molar-refractivity contribution in [3.8, 4) is 0 Å². The van der Waals surface area contributed by atoms with Gasteiger partial charge in [0.05, 0.1) is 12.2 Å². The molecule has 0 saturated heterocycles. The van der Waals surface area contributed by atoms with Gasteiger partial charge in [-0.15, -0.1) is 21.5 Å². The summed E-state index contributed by atoms with van der Waals surface area (Å²) in [4.78, 5) is 14.9. The number of ether oxygens (including phenoxy) is 1. The SMILES string of the molecule is Cc1nnc2n(C)c3c(=O)c4c(sc3n12)COC(C)(C)C4. The lowest BCUT2D eigenvalue weighted by Gasteiger charge is -2.30. The summed E-state index contributed by atoms with van der Waals surface area (Å²) in [5.74, 6) is 1.50. The highest BCUT2D eigenvalue weighted by Crippen LogP contribution is 2.32. The maximum atomic E-state index is 12.9. The van der Waals surface area contributed by atoms with Gasteiger partial charge >= 0.3 is 0 Å². The molecule has 0 amide bonds. The standard InChI is InChI=1S/C14H16N4O2S/c1-7-15-16-13-17(4)10-11(19)8-5-14(2,3)20-6-9(8)21-12(10)18(7)13/h5-6H2,1-4H3. The predicted molar refractivity (Wildman–Crippen MR) is 80.9 cm³/mol. The summed E-state index contributed by atoms with van der Waals surface area (Å²) in [7, 11) is 1.87. The first-order chi connectivity index (χ1) is 9.89. The monoisotopic (exact) mass is 304 g/mol. The second-order valence-corrected chi connectivity index (χ2v) is 7.24. The Morgan fingerprint density at radius 1 is 1.33 bits per heavy atom. The van der Waals surface area contributed by atoms with Crippen molar-refractivity contribution in [3.05, 3.63) is 26.5 Å². The average Bonchev–Trinajstić information content (AvgIpc) is 2.92. The van der Waals surface area contributed by atoms with E-state index in [0.29, 0.717) is 24.3 Å². The summed E-state index contributed by atoms with van der Waals surface area (Å²) in [6, 6.07) is 0. The third-order valence-electron chi connectivity index (χ3n) is 4.09. The molecular weight excluding hydrogens is 288 g/mol. The zero-order valence-corrected chi connectivity index (χ0v) is 13.2. The van der Waals surface area contributed by atoms with Gasteiger partial charge in [-0.25, -0.2) is 0 Å². The van der Waals surface area contributed by atoms with Crippen LogP contribution in [0.3, 0.4) is 0 Å². The van der Waals surface area contributed by atoms with Crippen LogP contribution in [0, 0.1) is 6.92 Å². The molecular formula is C14H16N4O2S. The zero-order valence-electron chi connectivity index (χ0n) is 12.4. The summed E-state index contributed by atoms with van der Waals surface area (Å²) in [5.41, 5.74) is 1.42. The van der Waals surface area contributed by atoms with Crippen LogP contribution in [0.4, 0.5) is 0 Å². The molecule has 0 N–H and O–H groups in total. The first kappa shape index (κ1) is 13.0. The van der Waals surface area contributed by atoms with Gasteiger partial charge in [0.1, 0.15) is 16.2 Å². The maximum absolute atomic E-state index is 12.9. The Balaban J connectivity index is 2.16. The number of rotatable bonds is 0. The van der Waals surface area contributed by atoms with Crippen LogP contribution in [0.1, 0.15) is 30.1 Å². The van der Waals surface area contributed by atoms with Gasteiger partial charge in [0.15, 0.2) is 0 Å². The third-order valence-corrected chi connectivity index (χ3v) is 5.27. The molecule has 3 aromatic heterocycles. The molecule has 0 saturated carbocycles. The third kappa shape index (κ3) is 1.64. The molecule has 7 heteroatoms. The lowest BCUT2D eigenvalue weighted by Crippen LogP contribution is -2.35. The highest BCUT2D eigenvalue weighted by atomic mass is 32.1. The van der Waals surface area contributed by atoms with E-state index in [1.54, 1.807) is 11.3 Å². The Bertz CT molecular complexity index is 948. The molecule has 1 aliphatic heterocycles. The quantitative estimate of drug-likeness (QED) is 0.635. The first-order valence-corrected chi connectivity index (χ1v) is 7.69. The number of fused-ring (bicyclic) bond motifs is 4. The molecule has 0 fully saturated rings. The summed E-state index contributed by atoms with van der Waals surface area (Å²) >= 11 is 1.61. The summed E-state index contributed by atoms with van der Waals surface area (Å²) in [6.45, 7) is 6.44. The normalized spacial score (nSPS) is 17.5. The van der Waals surface area contributed by atoms with Gasteiger partial charge < -0.3 is 9.30 Å². The lowest BCUT2D eigenvalue weighted by atomic mass is 9.95. The van der Waals surface area contributed by atoms with Crippen LogP contribution >= 0.6 is 11.3 Å². The molecule has 1 aliphatic rings. The molecule has 0 aromatic carbocycles. The Kier molecular flexibility index (Phi) is 2.42. The minimum atomic E-state index is -0.282. The van der Waals surface area contributed by atoms with Gasteiger partial charge in [0, 0.05) is 23.9 Å². The average molecular weight is 304 g/mol. The van der Waals surface area contributed by atoms with Crippen molar-refractivity contribution in [2.45, 2.75) is 39.4 Å². The fraction of sp³-hybridized carbons (Fsp3) is 0.500. The van der Waals surface area contributed by atoms with E-state index in [2.05, 4.69) is 10.2 Å². The number of nitrogens with zero attached hydrogens (tertiary/aromatic N) is 4. The van der Waals surface area contributed by atoms with E-state index < -0.39 is 0 Å². The fourth-order valence-corrected chi connectivity index (χ4v) is 4.25. The molecule has 4 heterocycles. The predicted octanol–water partition coefficient (Wildman–Crippen LogP) is 1.80.